The molecule has 2 aromatic carbocycles. The number of hydrogen-bond acceptors (Lipinski definition) is 6. The van der Waals surface area contributed by atoms with E-state index in [1.807, 2.05) is 24.0 Å². The van der Waals surface area contributed by atoms with Crippen molar-refractivity contribution in [3.05, 3.63) is 53.1 Å². The highest BCUT2D eigenvalue weighted by atomic mass is 35.5. The largest absolute Gasteiger partial charge is 0.302 e. The molecule has 0 atom stereocenters. The lowest BCUT2D eigenvalue weighted by atomic mass is 9.96. The van der Waals surface area contributed by atoms with Gasteiger partial charge in [0.2, 0.25) is 15.9 Å². The van der Waals surface area contributed by atoms with Crippen LogP contribution in [0.3, 0.4) is 0 Å². The normalized spacial score (nSPS) is 15.6. The summed E-state index contributed by atoms with van der Waals surface area (Å²) in [5, 5.41) is 1.21. The summed E-state index contributed by atoms with van der Waals surface area (Å²) in [6.07, 6.45) is 0.967. The molecule has 1 aliphatic rings. The molecule has 7 nitrogen and oxygen atoms in total. The lowest BCUT2D eigenvalue weighted by Gasteiger charge is -2.33. The molecular weight excluding hydrogens is 516 g/mol. The van der Waals surface area contributed by atoms with Crippen LogP contribution >= 0.6 is 22.9 Å². The molecule has 194 valence electrons. The summed E-state index contributed by atoms with van der Waals surface area (Å²) < 4.78 is 28.7. The first-order chi connectivity index (χ1) is 17.2. The molecule has 1 saturated heterocycles. The number of hydrogen-bond donors (Lipinski definition) is 0. The molecule has 1 aliphatic heterocycles. The predicted molar refractivity (Wildman–Crippen MR) is 147 cm³/mol. The van der Waals surface area contributed by atoms with E-state index < -0.39 is 10.0 Å². The van der Waals surface area contributed by atoms with Gasteiger partial charge in [0.25, 0.3) is 0 Å². The number of anilines is 1. The van der Waals surface area contributed by atoms with Gasteiger partial charge < -0.3 is 4.90 Å². The number of fused-ring (bicyclic) bond motifs is 1. The van der Waals surface area contributed by atoms with Gasteiger partial charge in [-0.3, -0.25) is 9.69 Å². The minimum Gasteiger partial charge on any atom is -0.302 e. The third kappa shape index (κ3) is 5.92. The summed E-state index contributed by atoms with van der Waals surface area (Å²) in [5.41, 5.74) is 2.05. The number of aryl methyl sites for hydroxylation is 1. The molecule has 1 amide bonds. The van der Waals surface area contributed by atoms with Crippen LogP contribution in [0.1, 0.15) is 32.3 Å². The fraction of sp³-hybridized carbons (Fsp3) is 0.462. The van der Waals surface area contributed by atoms with Gasteiger partial charge in [0.1, 0.15) is 0 Å². The van der Waals surface area contributed by atoms with Gasteiger partial charge in [-0.2, -0.15) is 4.31 Å². The zero-order chi connectivity index (χ0) is 25.9. The molecule has 3 aromatic rings. The summed E-state index contributed by atoms with van der Waals surface area (Å²) in [5.74, 6) is -0.214. The lowest BCUT2D eigenvalue weighted by molar-refractivity contribution is -0.123. The quantitative estimate of drug-likeness (QED) is 0.375. The molecule has 0 spiro atoms. The Hall–Kier alpha value is -2.04. The molecule has 10 heteroatoms. The molecule has 0 bridgehead atoms. The first-order valence-corrected chi connectivity index (χ1v) is 15.0. The topological polar surface area (TPSA) is 73.8 Å². The van der Waals surface area contributed by atoms with Crippen LogP contribution in [0.4, 0.5) is 5.13 Å². The van der Waals surface area contributed by atoms with Crippen molar-refractivity contribution in [2.45, 2.75) is 38.5 Å². The molecule has 1 aromatic heterocycles. The molecule has 36 heavy (non-hydrogen) atoms. The number of likely N-dealkylation sites (N-methyl/N-ethyl adjacent to an activating group) is 1. The van der Waals surface area contributed by atoms with E-state index in [0.29, 0.717) is 42.6 Å². The van der Waals surface area contributed by atoms with E-state index in [0.717, 1.165) is 35.4 Å². The summed E-state index contributed by atoms with van der Waals surface area (Å²) >= 11 is 7.46. The van der Waals surface area contributed by atoms with Crippen molar-refractivity contribution in [2.75, 3.05) is 44.2 Å². The standard InChI is InChI=1S/C26H33ClN4O3S2/c1-4-29(5-2)16-17-31(26-28-23-11-6-19(3)18-24(23)35-26)25(32)20-12-14-30(15-13-20)36(33,34)22-9-7-21(27)8-10-22/h6-11,18,20H,4-5,12-17H2,1-3H3. The number of amides is 1. The van der Waals surface area contributed by atoms with Crippen LogP contribution in [0.2, 0.25) is 5.02 Å². The Kier molecular flexibility index (Phi) is 8.67. The van der Waals surface area contributed by atoms with Crippen molar-refractivity contribution in [3.8, 4) is 0 Å². The van der Waals surface area contributed by atoms with Gasteiger partial charge in [0.15, 0.2) is 5.13 Å². The predicted octanol–water partition coefficient (Wildman–Crippen LogP) is 5.03. The molecule has 0 radical (unpaired) electrons. The number of aromatic nitrogens is 1. The second kappa shape index (κ2) is 11.6. The van der Waals surface area contributed by atoms with E-state index in [1.54, 1.807) is 23.5 Å². The van der Waals surface area contributed by atoms with E-state index in [9.17, 15) is 13.2 Å². The Morgan fingerprint density at radius 1 is 1.08 bits per heavy atom. The van der Waals surface area contributed by atoms with E-state index in [4.69, 9.17) is 16.6 Å². The number of halogens is 1. The Morgan fingerprint density at radius 2 is 1.75 bits per heavy atom. The van der Waals surface area contributed by atoms with Crippen molar-refractivity contribution in [3.63, 3.8) is 0 Å². The van der Waals surface area contributed by atoms with E-state index in [-0.39, 0.29) is 16.7 Å². The highest BCUT2D eigenvalue weighted by Gasteiger charge is 2.35. The van der Waals surface area contributed by atoms with Crippen LogP contribution in [-0.2, 0) is 14.8 Å². The van der Waals surface area contributed by atoms with Crippen molar-refractivity contribution >= 4 is 54.2 Å². The first-order valence-electron chi connectivity index (χ1n) is 12.4. The number of nitrogens with zero attached hydrogens (tertiary/aromatic N) is 4. The summed E-state index contributed by atoms with van der Waals surface area (Å²) in [4.78, 5) is 22.9. The average molecular weight is 549 g/mol. The maximum atomic E-state index is 13.8. The second-order valence-corrected chi connectivity index (χ2v) is 12.5. The Bertz CT molecular complexity index is 1300. The number of rotatable bonds is 9. The Labute approximate surface area is 222 Å². The third-order valence-corrected chi connectivity index (χ3v) is 10.0. The van der Waals surface area contributed by atoms with Gasteiger partial charge in [0, 0.05) is 37.1 Å². The summed E-state index contributed by atoms with van der Waals surface area (Å²) in [6, 6.07) is 12.3. The average Bonchev–Trinajstić information content (AvgIpc) is 3.29. The summed E-state index contributed by atoms with van der Waals surface area (Å²) in [7, 11) is -3.62. The van der Waals surface area contributed by atoms with Crippen LogP contribution in [0, 0.1) is 12.8 Å². The molecule has 2 heterocycles. The molecule has 4 rings (SSSR count). The van der Waals surface area contributed by atoms with Crippen molar-refractivity contribution in [1.82, 2.24) is 14.2 Å². The van der Waals surface area contributed by atoms with Crippen molar-refractivity contribution in [2.24, 2.45) is 5.92 Å². The van der Waals surface area contributed by atoms with Gasteiger partial charge in [-0.05, 0) is 74.8 Å². The van der Waals surface area contributed by atoms with E-state index in [1.165, 1.54) is 16.4 Å². The number of thiazole rings is 1. The molecule has 0 unspecified atom stereocenters. The zero-order valence-corrected chi connectivity index (χ0v) is 23.4. The van der Waals surface area contributed by atoms with Gasteiger partial charge in [-0.25, -0.2) is 13.4 Å². The van der Waals surface area contributed by atoms with E-state index >= 15 is 0 Å². The van der Waals surface area contributed by atoms with Crippen LogP contribution in [0.5, 0.6) is 0 Å². The fourth-order valence-electron chi connectivity index (χ4n) is 4.54. The molecule has 0 saturated carbocycles. The first kappa shape index (κ1) is 27.0. The van der Waals surface area contributed by atoms with Crippen LogP contribution in [0.25, 0.3) is 10.2 Å². The Balaban J connectivity index is 1.51. The zero-order valence-electron chi connectivity index (χ0n) is 21.0. The maximum absolute atomic E-state index is 13.8. The monoisotopic (exact) mass is 548 g/mol. The van der Waals surface area contributed by atoms with E-state index in [2.05, 4.69) is 24.8 Å². The maximum Gasteiger partial charge on any atom is 0.243 e. The van der Waals surface area contributed by atoms with Crippen LogP contribution < -0.4 is 4.90 Å². The number of piperidine rings is 1. The number of benzene rings is 2. The van der Waals surface area contributed by atoms with Gasteiger partial charge in [-0.15, -0.1) is 0 Å². The van der Waals surface area contributed by atoms with Crippen molar-refractivity contribution < 1.29 is 13.2 Å². The highest BCUT2D eigenvalue weighted by molar-refractivity contribution is 7.89. The number of carbonyl (C=O) groups is 1. The minimum absolute atomic E-state index is 0.0291. The Morgan fingerprint density at radius 3 is 2.39 bits per heavy atom. The molecular formula is C26H33ClN4O3S2. The highest BCUT2D eigenvalue weighted by Crippen LogP contribution is 2.32. The van der Waals surface area contributed by atoms with Crippen molar-refractivity contribution in [1.29, 1.82) is 0 Å². The molecule has 0 aliphatic carbocycles. The fourth-order valence-corrected chi connectivity index (χ4v) is 7.23. The third-order valence-electron chi connectivity index (χ3n) is 6.82. The molecule has 1 fully saturated rings. The van der Waals surface area contributed by atoms with Gasteiger partial charge in [0.05, 0.1) is 15.1 Å². The van der Waals surface area contributed by atoms with Gasteiger partial charge in [-0.1, -0.05) is 42.9 Å². The van der Waals surface area contributed by atoms with Gasteiger partial charge >= 0.3 is 0 Å². The SMILES string of the molecule is CCN(CC)CCN(C(=O)C1CCN(S(=O)(=O)c2ccc(Cl)cc2)CC1)c1nc2ccc(C)cc2s1. The number of carbonyl (C=O) groups excluding carboxylic acids is 1. The second-order valence-electron chi connectivity index (χ2n) is 9.12. The molecule has 0 N–H and O–H groups in total. The lowest BCUT2D eigenvalue weighted by Crippen LogP contribution is -2.46. The van der Waals surface area contributed by atoms with Crippen LogP contribution in [0.15, 0.2) is 47.4 Å². The summed E-state index contributed by atoms with van der Waals surface area (Å²) in [6.45, 7) is 10.1. The van der Waals surface area contributed by atoms with Crippen LogP contribution in [-0.4, -0.2) is 67.8 Å². The smallest absolute Gasteiger partial charge is 0.243 e. The number of sulfonamides is 1. The minimum atomic E-state index is -3.62.